The molecule has 0 bridgehead atoms. The number of nitrogens with zero attached hydrogens (tertiary/aromatic N) is 1. The second-order valence-electron chi connectivity index (χ2n) is 6.57. The molecule has 0 aliphatic rings. The van der Waals surface area contributed by atoms with Crippen LogP contribution in [0.25, 0.3) is 0 Å². The van der Waals surface area contributed by atoms with Gasteiger partial charge in [0.1, 0.15) is 5.82 Å². The number of carbonyl (C=O) groups is 1. The lowest BCUT2D eigenvalue weighted by Gasteiger charge is -2.08. The SMILES string of the molecule is CCCCc1ccc(CC(=O)Nc2ccc(Nc3ccccc3)nc2)cc1. The van der Waals surface area contributed by atoms with Crippen LogP contribution < -0.4 is 10.6 Å². The number of unbranched alkanes of at least 4 members (excludes halogenated alkanes) is 1. The molecule has 0 saturated heterocycles. The fourth-order valence-corrected chi connectivity index (χ4v) is 2.81. The average molecular weight is 359 g/mol. The van der Waals surface area contributed by atoms with Gasteiger partial charge >= 0.3 is 0 Å². The van der Waals surface area contributed by atoms with Crippen molar-refractivity contribution in [2.24, 2.45) is 0 Å². The van der Waals surface area contributed by atoms with Gasteiger partial charge in [0.25, 0.3) is 0 Å². The number of pyridine rings is 1. The molecule has 3 aromatic rings. The highest BCUT2D eigenvalue weighted by atomic mass is 16.1. The summed E-state index contributed by atoms with van der Waals surface area (Å²) in [5, 5.41) is 6.12. The molecular weight excluding hydrogens is 334 g/mol. The Kier molecular flexibility index (Phi) is 6.58. The van der Waals surface area contributed by atoms with E-state index in [0.29, 0.717) is 12.1 Å². The van der Waals surface area contributed by atoms with Crippen LogP contribution in [0.2, 0.25) is 0 Å². The van der Waals surface area contributed by atoms with Gasteiger partial charge < -0.3 is 10.6 Å². The summed E-state index contributed by atoms with van der Waals surface area (Å²) >= 11 is 0. The van der Waals surface area contributed by atoms with Crippen molar-refractivity contribution in [1.29, 1.82) is 0 Å². The first-order valence-electron chi connectivity index (χ1n) is 9.39. The molecule has 138 valence electrons. The Morgan fingerprint density at radius 2 is 1.63 bits per heavy atom. The third-order valence-corrected chi connectivity index (χ3v) is 4.30. The van der Waals surface area contributed by atoms with E-state index < -0.39 is 0 Å². The zero-order chi connectivity index (χ0) is 18.9. The second-order valence-corrected chi connectivity index (χ2v) is 6.57. The summed E-state index contributed by atoms with van der Waals surface area (Å²) in [6, 6.07) is 21.9. The molecule has 4 nitrogen and oxygen atoms in total. The molecule has 0 unspecified atom stereocenters. The lowest BCUT2D eigenvalue weighted by atomic mass is 10.0. The molecular formula is C23H25N3O. The molecule has 2 N–H and O–H groups in total. The number of nitrogens with one attached hydrogen (secondary N) is 2. The van der Waals surface area contributed by atoms with Crippen LogP contribution in [0.5, 0.6) is 0 Å². The van der Waals surface area contributed by atoms with E-state index >= 15 is 0 Å². The summed E-state index contributed by atoms with van der Waals surface area (Å²) in [5.41, 5.74) is 4.01. The quantitative estimate of drug-likeness (QED) is 0.570. The maximum Gasteiger partial charge on any atom is 0.228 e. The minimum absolute atomic E-state index is 0.0399. The van der Waals surface area contributed by atoms with Gasteiger partial charge in [-0.15, -0.1) is 0 Å². The third-order valence-electron chi connectivity index (χ3n) is 4.30. The molecule has 1 aromatic heterocycles. The first kappa shape index (κ1) is 18.6. The molecule has 0 atom stereocenters. The van der Waals surface area contributed by atoms with Gasteiger partial charge in [0.15, 0.2) is 0 Å². The third kappa shape index (κ3) is 5.96. The van der Waals surface area contributed by atoms with Gasteiger partial charge in [-0.2, -0.15) is 0 Å². The van der Waals surface area contributed by atoms with Crippen molar-refractivity contribution in [2.45, 2.75) is 32.6 Å². The topological polar surface area (TPSA) is 54.0 Å². The van der Waals surface area contributed by atoms with Crippen LogP contribution in [0, 0.1) is 0 Å². The Morgan fingerprint density at radius 3 is 2.30 bits per heavy atom. The lowest BCUT2D eigenvalue weighted by molar-refractivity contribution is -0.115. The number of para-hydroxylation sites is 1. The van der Waals surface area contributed by atoms with Crippen molar-refractivity contribution >= 4 is 23.1 Å². The summed E-state index contributed by atoms with van der Waals surface area (Å²) in [6.45, 7) is 2.19. The molecule has 1 amide bonds. The summed E-state index contributed by atoms with van der Waals surface area (Å²) in [7, 11) is 0. The number of benzene rings is 2. The predicted octanol–water partition coefficient (Wildman–Crippen LogP) is 5.35. The Hall–Kier alpha value is -3.14. The van der Waals surface area contributed by atoms with Crippen molar-refractivity contribution in [3.8, 4) is 0 Å². The molecule has 4 heteroatoms. The van der Waals surface area contributed by atoms with Crippen LogP contribution in [0.4, 0.5) is 17.2 Å². The van der Waals surface area contributed by atoms with E-state index in [2.05, 4.69) is 34.7 Å². The fourth-order valence-electron chi connectivity index (χ4n) is 2.81. The van der Waals surface area contributed by atoms with Crippen molar-refractivity contribution in [3.63, 3.8) is 0 Å². The van der Waals surface area contributed by atoms with Gasteiger partial charge in [-0.3, -0.25) is 4.79 Å². The largest absolute Gasteiger partial charge is 0.340 e. The highest BCUT2D eigenvalue weighted by molar-refractivity contribution is 5.92. The minimum Gasteiger partial charge on any atom is -0.340 e. The Morgan fingerprint density at radius 1 is 0.889 bits per heavy atom. The molecule has 0 spiro atoms. The van der Waals surface area contributed by atoms with Gasteiger partial charge in [-0.25, -0.2) is 4.98 Å². The van der Waals surface area contributed by atoms with E-state index in [-0.39, 0.29) is 5.91 Å². The van der Waals surface area contributed by atoms with Crippen molar-refractivity contribution in [1.82, 2.24) is 4.98 Å². The van der Waals surface area contributed by atoms with E-state index in [1.807, 2.05) is 54.6 Å². The zero-order valence-electron chi connectivity index (χ0n) is 15.6. The number of anilines is 3. The molecule has 27 heavy (non-hydrogen) atoms. The molecule has 0 aliphatic heterocycles. The fraction of sp³-hybridized carbons (Fsp3) is 0.217. The van der Waals surface area contributed by atoms with Crippen molar-refractivity contribution < 1.29 is 4.79 Å². The summed E-state index contributed by atoms with van der Waals surface area (Å²) in [6.07, 6.45) is 5.51. The van der Waals surface area contributed by atoms with Crippen LogP contribution >= 0.6 is 0 Å². The van der Waals surface area contributed by atoms with Gasteiger partial charge in [0.2, 0.25) is 5.91 Å². The number of amides is 1. The Bertz CT molecular complexity index is 843. The maximum atomic E-state index is 12.3. The Balaban J connectivity index is 1.51. The molecule has 1 heterocycles. The first-order chi connectivity index (χ1) is 13.2. The van der Waals surface area contributed by atoms with E-state index in [0.717, 1.165) is 23.5 Å². The molecule has 0 aliphatic carbocycles. The number of hydrogen-bond acceptors (Lipinski definition) is 3. The first-order valence-corrected chi connectivity index (χ1v) is 9.39. The van der Waals surface area contributed by atoms with Crippen LogP contribution in [0.3, 0.4) is 0 Å². The standard InChI is InChI=1S/C23H25N3O/c1-2-3-7-18-10-12-19(13-11-18)16-23(27)26-21-14-15-22(24-17-21)25-20-8-5-4-6-9-20/h4-6,8-15,17H,2-3,7,16H2,1H3,(H,24,25)(H,26,27). The van der Waals surface area contributed by atoms with Crippen LogP contribution in [-0.2, 0) is 17.6 Å². The lowest BCUT2D eigenvalue weighted by Crippen LogP contribution is -2.14. The average Bonchev–Trinajstić information content (AvgIpc) is 2.70. The Labute approximate surface area is 160 Å². The normalized spacial score (nSPS) is 10.4. The number of aryl methyl sites for hydroxylation is 1. The van der Waals surface area contributed by atoms with Crippen molar-refractivity contribution in [2.75, 3.05) is 10.6 Å². The molecule has 3 rings (SSSR count). The minimum atomic E-state index is -0.0399. The maximum absolute atomic E-state index is 12.3. The molecule has 0 fully saturated rings. The zero-order valence-corrected chi connectivity index (χ0v) is 15.6. The molecule has 0 radical (unpaired) electrons. The highest BCUT2D eigenvalue weighted by Gasteiger charge is 2.05. The van der Waals surface area contributed by atoms with Gasteiger partial charge in [-0.1, -0.05) is 55.8 Å². The van der Waals surface area contributed by atoms with E-state index in [9.17, 15) is 4.79 Å². The number of aromatic nitrogens is 1. The van der Waals surface area contributed by atoms with Crippen LogP contribution in [0.1, 0.15) is 30.9 Å². The summed E-state index contributed by atoms with van der Waals surface area (Å²) in [4.78, 5) is 16.6. The van der Waals surface area contributed by atoms with E-state index in [1.165, 1.54) is 18.4 Å². The van der Waals surface area contributed by atoms with Crippen LogP contribution in [0.15, 0.2) is 72.9 Å². The second kappa shape index (κ2) is 9.53. The summed E-state index contributed by atoms with van der Waals surface area (Å²) < 4.78 is 0. The molecule has 2 aromatic carbocycles. The van der Waals surface area contributed by atoms with Gasteiger partial charge in [-0.05, 0) is 48.2 Å². The van der Waals surface area contributed by atoms with Gasteiger partial charge in [0.05, 0.1) is 18.3 Å². The summed E-state index contributed by atoms with van der Waals surface area (Å²) in [5.74, 6) is 0.698. The highest BCUT2D eigenvalue weighted by Crippen LogP contribution is 2.16. The molecule has 0 saturated carbocycles. The van der Waals surface area contributed by atoms with Crippen molar-refractivity contribution in [3.05, 3.63) is 84.1 Å². The number of hydrogen-bond donors (Lipinski definition) is 2. The van der Waals surface area contributed by atoms with Gasteiger partial charge in [0, 0.05) is 5.69 Å². The smallest absolute Gasteiger partial charge is 0.228 e. The predicted molar refractivity (Wildman–Crippen MR) is 111 cm³/mol. The van der Waals surface area contributed by atoms with Crippen LogP contribution in [-0.4, -0.2) is 10.9 Å². The monoisotopic (exact) mass is 359 g/mol. The van der Waals surface area contributed by atoms with E-state index in [4.69, 9.17) is 0 Å². The van der Waals surface area contributed by atoms with E-state index in [1.54, 1.807) is 6.20 Å². The number of rotatable bonds is 8. The number of carbonyl (C=O) groups excluding carboxylic acids is 1.